The Hall–Kier alpha value is -5.72. The Labute approximate surface area is 262 Å². The van der Waals surface area contributed by atoms with Crippen molar-refractivity contribution in [3.05, 3.63) is 104 Å². The lowest BCUT2D eigenvalue weighted by Crippen LogP contribution is -2.27. The van der Waals surface area contributed by atoms with Crippen LogP contribution in [0.3, 0.4) is 0 Å². The number of pyridine rings is 1. The van der Waals surface area contributed by atoms with Gasteiger partial charge in [0.05, 0.1) is 22.7 Å². The summed E-state index contributed by atoms with van der Waals surface area (Å²) in [7, 11) is 3.32. The van der Waals surface area contributed by atoms with Gasteiger partial charge in [0, 0.05) is 43.3 Å². The molecule has 1 saturated carbocycles. The zero-order valence-electron chi connectivity index (χ0n) is 25.8. The zero-order chi connectivity index (χ0) is 32.3. The van der Waals surface area contributed by atoms with Crippen LogP contribution in [-0.2, 0) is 18.9 Å². The second kappa shape index (κ2) is 11.0. The number of allylic oxidation sites excluding steroid dienone is 2. The number of aromatic nitrogens is 6. The molecule has 2 N–H and O–H groups in total. The quantitative estimate of drug-likeness (QED) is 0.281. The van der Waals surface area contributed by atoms with Gasteiger partial charge in [0.1, 0.15) is 11.3 Å². The van der Waals surface area contributed by atoms with E-state index in [1.807, 2.05) is 10.8 Å². The van der Waals surface area contributed by atoms with Gasteiger partial charge in [0.15, 0.2) is 11.5 Å². The molecule has 4 heterocycles. The van der Waals surface area contributed by atoms with Crippen molar-refractivity contribution in [2.24, 2.45) is 14.1 Å². The van der Waals surface area contributed by atoms with E-state index in [9.17, 15) is 19.2 Å². The van der Waals surface area contributed by atoms with Crippen molar-refractivity contribution in [3.8, 4) is 16.8 Å². The molecule has 13 nitrogen and oxygen atoms in total. The monoisotopic (exact) mass is 620 g/mol. The Morgan fingerprint density at radius 1 is 0.978 bits per heavy atom. The van der Waals surface area contributed by atoms with Crippen molar-refractivity contribution in [2.75, 3.05) is 5.32 Å². The number of fused-ring (bicyclic) bond motifs is 1. The van der Waals surface area contributed by atoms with E-state index in [0.717, 1.165) is 12.8 Å². The summed E-state index contributed by atoms with van der Waals surface area (Å²) in [6, 6.07) is 10.6. The van der Waals surface area contributed by atoms with E-state index >= 15 is 0 Å². The molecule has 5 aromatic rings. The highest BCUT2D eigenvalue weighted by molar-refractivity contribution is 6.07. The van der Waals surface area contributed by atoms with Gasteiger partial charge in [-0.2, -0.15) is 9.84 Å². The summed E-state index contributed by atoms with van der Waals surface area (Å²) in [5.74, 6) is 0.156. The summed E-state index contributed by atoms with van der Waals surface area (Å²) >= 11 is 0. The van der Waals surface area contributed by atoms with Crippen molar-refractivity contribution in [2.45, 2.75) is 45.6 Å². The average Bonchev–Trinajstić information content (AvgIpc) is 3.65. The summed E-state index contributed by atoms with van der Waals surface area (Å²) in [4.78, 5) is 57.9. The molecule has 2 aliphatic carbocycles. The molecule has 0 radical (unpaired) electrons. The van der Waals surface area contributed by atoms with E-state index in [4.69, 9.17) is 4.52 Å². The van der Waals surface area contributed by atoms with Crippen molar-refractivity contribution in [1.29, 1.82) is 0 Å². The van der Waals surface area contributed by atoms with Crippen LogP contribution >= 0.6 is 0 Å². The van der Waals surface area contributed by atoms with Crippen LogP contribution < -0.4 is 21.8 Å². The van der Waals surface area contributed by atoms with Crippen LogP contribution in [0.4, 0.5) is 5.82 Å². The van der Waals surface area contributed by atoms with Gasteiger partial charge in [-0.1, -0.05) is 18.2 Å². The number of carbonyl (C=O) groups excluding carboxylic acids is 2. The van der Waals surface area contributed by atoms with Gasteiger partial charge in [-0.25, -0.2) is 9.67 Å². The van der Waals surface area contributed by atoms with Crippen LogP contribution in [0.25, 0.3) is 27.7 Å². The molecule has 0 spiro atoms. The molecule has 2 amide bonds. The highest BCUT2D eigenvalue weighted by Gasteiger charge is 2.33. The minimum Gasteiger partial charge on any atom is -0.381 e. The van der Waals surface area contributed by atoms with Gasteiger partial charge in [0.2, 0.25) is 0 Å². The van der Waals surface area contributed by atoms with Crippen LogP contribution in [-0.4, -0.2) is 40.7 Å². The minimum absolute atomic E-state index is 0.0167. The molecule has 0 atom stereocenters. The van der Waals surface area contributed by atoms with Crippen LogP contribution in [0.1, 0.15) is 53.7 Å². The molecule has 234 valence electrons. The van der Waals surface area contributed by atoms with Gasteiger partial charge >= 0.3 is 0 Å². The predicted octanol–water partition coefficient (Wildman–Crippen LogP) is 3.80. The standard InChI is InChI=1S/C33H32N8O5/c1-18-16-25-29(28(34-18)31(43)35-22-7-5-6-21(17-22)30(42)36-26-14-15-38(3)37-26)40(23-12-13-23)41(32(25)44)24-10-8-20(9-11-24)27-19(2)46-39(4)33(27)45/h6,8-11,14-17,23H,5,7,12-13H2,1-4H3,(H,35,43)(H,36,37,42). The fraction of sp³-hybridized carbons (Fsp3) is 0.273. The first-order chi connectivity index (χ1) is 22.1. The first-order valence-corrected chi connectivity index (χ1v) is 15.0. The van der Waals surface area contributed by atoms with Crippen LogP contribution in [0.15, 0.2) is 80.1 Å². The SMILES string of the molecule is Cc1cc2c(=O)n(-c3ccc(-c4c(C)on(C)c4=O)cc3)n(C3CC3)c2c(C(=O)NC2=CC(C(=O)Nc3ccn(C)n3)=CCC2)n1. The third-order valence-corrected chi connectivity index (χ3v) is 8.22. The molecule has 1 fully saturated rings. The summed E-state index contributed by atoms with van der Waals surface area (Å²) in [5, 5.41) is 10.3. The molecule has 0 aliphatic heterocycles. The highest BCUT2D eigenvalue weighted by atomic mass is 16.5. The Morgan fingerprint density at radius 3 is 2.39 bits per heavy atom. The smallest absolute Gasteiger partial charge is 0.290 e. The Bertz CT molecular complexity index is 2240. The third kappa shape index (κ3) is 5.09. The maximum atomic E-state index is 14.0. The summed E-state index contributed by atoms with van der Waals surface area (Å²) in [5.41, 5.74) is 3.36. The van der Waals surface area contributed by atoms with E-state index in [0.29, 0.717) is 69.1 Å². The number of anilines is 1. The van der Waals surface area contributed by atoms with Gasteiger partial charge < -0.3 is 15.2 Å². The summed E-state index contributed by atoms with van der Waals surface area (Å²) in [6.07, 6.45) is 8.01. The minimum atomic E-state index is -0.459. The van der Waals surface area contributed by atoms with Crippen molar-refractivity contribution < 1.29 is 14.1 Å². The molecule has 0 unspecified atom stereocenters. The molecular formula is C33H32N8O5. The lowest BCUT2D eigenvalue weighted by Gasteiger charge is -2.16. The van der Waals surface area contributed by atoms with Crippen molar-refractivity contribution in [3.63, 3.8) is 0 Å². The number of hydrogen-bond acceptors (Lipinski definition) is 7. The van der Waals surface area contributed by atoms with Gasteiger partial charge in [-0.15, -0.1) is 0 Å². The Balaban J connectivity index is 1.24. The first kappa shape index (κ1) is 29.0. The molecule has 0 saturated heterocycles. The van der Waals surface area contributed by atoms with Gasteiger partial charge in [-0.05, 0) is 69.4 Å². The largest absolute Gasteiger partial charge is 0.381 e. The van der Waals surface area contributed by atoms with Gasteiger partial charge in [0.25, 0.3) is 22.9 Å². The van der Waals surface area contributed by atoms with Crippen molar-refractivity contribution >= 4 is 28.5 Å². The summed E-state index contributed by atoms with van der Waals surface area (Å²) < 4.78 is 11.7. The second-order valence-corrected chi connectivity index (χ2v) is 11.7. The van der Waals surface area contributed by atoms with E-state index in [-0.39, 0.29) is 28.8 Å². The number of amides is 2. The topological polar surface area (TPSA) is 151 Å². The molecular weight excluding hydrogens is 588 g/mol. The van der Waals surface area contributed by atoms with Gasteiger partial charge in [-0.3, -0.25) is 28.5 Å². The predicted molar refractivity (Wildman–Crippen MR) is 171 cm³/mol. The van der Waals surface area contributed by atoms with Crippen LogP contribution in [0.2, 0.25) is 0 Å². The normalized spacial score (nSPS) is 14.7. The van der Waals surface area contributed by atoms with E-state index < -0.39 is 5.91 Å². The fourth-order valence-corrected chi connectivity index (χ4v) is 5.97. The van der Waals surface area contributed by atoms with Crippen LogP contribution in [0, 0.1) is 13.8 Å². The van der Waals surface area contributed by atoms with E-state index in [1.54, 1.807) is 86.0 Å². The van der Waals surface area contributed by atoms with Crippen molar-refractivity contribution in [1.82, 2.24) is 34.2 Å². The fourth-order valence-electron chi connectivity index (χ4n) is 5.97. The lowest BCUT2D eigenvalue weighted by atomic mass is 10.0. The van der Waals surface area contributed by atoms with E-state index in [2.05, 4.69) is 20.7 Å². The Morgan fingerprint density at radius 2 is 1.74 bits per heavy atom. The maximum Gasteiger partial charge on any atom is 0.290 e. The first-order valence-electron chi connectivity index (χ1n) is 15.0. The molecule has 2 aliphatic rings. The average molecular weight is 621 g/mol. The molecule has 13 heteroatoms. The third-order valence-electron chi connectivity index (χ3n) is 8.22. The zero-order valence-corrected chi connectivity index (χ0v) is 25.8. The lowest BCUT2D eigenvalue weighted by molar-refractivity contribution is -0.112. The number of hydrogen-bond donors (Lipinski definition) is 2. The second-order valence-electron chi connectivity index (χ2n) is 11.7. The summed E-state index contributed by atoms with van der Waals surface area (Å²) in [6.45, 7) is 3.49. The molecule has 1 aromatic carbocycles. The van der Waals surface area contributed by atoms with Crippen LogP contribution in [0.5, 0.6) is 0 Å². The number of rotatable bonds is 7. The number of aryl methyl sites for hydroxylation is 4. The number of carbonyl (C=O) groups is 2. The molecule has 46 heavy (non-hydrogen) atoms. The maximum absolute atomic E-state index is 14.0. The highest BCUT2D eigenvalue weighted by Crippen LogP contribution is 2.38. The number of benzene rings is 1. The molecule has 7 rings (SSSR count). The molecule has 4 aromatic heterocycles. The number of nitrogens with one attached hydrogen (secondary N) is 2. The molecule has 0 bridgehead atoms. The number of nitrogens with zero attached hydrogens (tertiary/aromatic N) is 6. The van der Waals surface area contributed by atoms with E-state index in [1.165, 1.54) is 4.74 Å². The Kier molecular flexibility index (Phi) is 6.95.